The molecule has 0 fully saturated rings. The van der Waals surface area contributed by atoms with Crippen LogP contribution in [0.1, 0.15) is 17.9 Å². The third kappa shape index (κ3) is 4.64. The monoisotopic (exact) mass is 400 g/mol. The molecule has 1 aromatic heterocycles. The first-order valence-electron chi connectivity index (χ1n) is 8.73. The maximum absolute atomic E-state index is 12.2. The van der Waals surface area contributed by atoms with Crippen LogP contribution in [0.25, 0.3) is 11.3 Å². The van der Waals surface area contributed by atoms with Gasteiger partial charge in [0.25, 0.3) is 0 Å². The Kier molecular flexibility index (Phi) is 6.21. The molecule has 0 unspecified atom stereocenters. The van der Waals surface area contributed by atoms with Crippen molar-refractivity contribution in [2.45, 2.75) is 19.8 Å². The van der Waals surface area contributed by atoms with Crippen molar-refractivity contribution in [2.75, 3.05) is 19.5 Å². The minimum atomic E-state index is -0.118. The van der Waals surface area contributed by atoms with Crippen LogP contribution in [0.4, 0.5) is 5.69 Å². The number of benzene rings is 2. The minimum absolute atomic E-state index is 0.118. The number of carbonyl (C=O) groups excluding carboxylic acids is 1. The van der Waals surface area contributed by atoms with Gasteiger partial charge in [-0.05, 0) is 42.8 Å². The van der Waals surface area contributed by atoms with Gasteiger partial charge in [0.05, 0.1) is 26.0 Å². The van der Waals surface area contributed by atoms with Crippen molar-refractivity contribution in [3.63, 3.8) is 0 Å². The maximum Gasteiger partial charge on any atom is 0.224 e. The molecule has 146 valence electrons. The van der Waals surface area contributed by atoms with E-state index < -0.39 is 0 Å². The largest absolute Gasteiger partial charge is 0.497 e. The highest BCUT2D eigenvalue weighted by molar-refractivity contribution is 6.30. The lowest BCUT2D eigenvalue weighted by atomic mass is 10.1. The van der Waals surface area contributed by atoms with Gasteiger partial charge in [-0.1, -0.05) is 11.6 Å². The van der Waals surface area contributed by atoms with Crippen molar-refractivity contribution in [1.82, 2.24) is 4.98 Å². The van der Waals surface area contributed by atoms with Crippen molar-refractivity contribution in [2.24, 2.45) is 0 Å². The molecule has 0 aliphatic heterocycles. The number of halogens is 1. The lowest BCUT2D eigenvalue weighted by Crippen LogP contribution is -2.13. The number of aromatic nitrogens is 1. The standard InChI is InChI=1S/C21H21ClN2O4/c1-13-10-14(22)4-7-17(13)24-20(25)8-9-21-23-12-19(28-21)16-6-5-15(26-2)11-18(16)27-3/h4-7,10-12H,8-9H2,1-3H3,(H,24,25). The number of ether oxygens (including phenoxy) is 2. The molecule has 1 heterocycles. The normalized spacial score (nSPS) is 10.6. The zero-order valence-corrected chi connectivity index (χ0v) is 16.7. The number of aryl methyl sites for hydroxylation is 2. The fraction of sp³-hybridized carbons (Fsp3) is 0.238. The van der Waals surface area contributed by atoms with Crippen LogP contribution in [0.15, 0.2) is 47.0 Å². The van der Waals surface area contributed by atoms with E-state index in [1.807, 2.05) is 19.1 Å². The van der Waals surface area contributed by atoms with Crippen LogP contribution in [0.5, 0.6) is 11.5 Å². The number of nitrogens with one attached hydrogen (secondary N) is 1. The van der Waals surface area contributed by atoms with Crippen LogP contribution in [-0.4, -0.2) is 25.1 Å². The third-order valence-corrected chi connectivity index (χ3v) is 4.49. The molecule has 0 bridgehead atoms. The summed E-state index contributed by atoms with van der Waals surface area (Å²) in [7, 11) is 3.18. The Balaban J connectivity index is 1.64. The number of amides is 1. The lowest BCUT2D eigenvalue weighted by Gasteiger charge is -2.08. The van der Waals surface area contributed by atoms with Crippen LogP contribution in [0.2, 0.25) is 5.02 Å². The summed E-state index contributed by atoms with van der Waals surface area (Å²) in [6, 6.07) is 10.8. The molecule has 7 heteroatoms. The van der Waals surface area contributed by atoms with E-state index in [1.54, 1.807) is 44.7 Å². The van der Waals surface area contributed by atoms with Gasteiger partial charge in [-0.25, -0.2) is 4.98 Å². The lowest BCUT2D eigenvalue weighted by molar-refractivity contribution is -0.116. The number of nitrogens with zero attached hydrogens (tertiary/aromatic N) is 1. The average molecular weight is 401 g/mol. The zero-order valence-electron chi connectivity index (χ0n) is 15.9. The molecule has 0 aliphatic carbocycles. The summed E-state index contributed by atoms with van der Waals surface area (Å²) >= 11 is 5.94. The van der Waals surface area contributed by atoms with E-state index in [1.165, 1.54) is 0 Å². The molecule has 6 nitrogen and oxygen atoms in total. The number of hydrogen-bond acceptors (Lipinski definition) is 5. The van der Waals surface area contributed by atoms with E-state index in [4.69, 9.17) is 25.5 Å². The summed E-state index contributed by atoms with van der Waals surface area (Å²) in [4.78, 5) is 16.5. The Bertz CT molecular complexity index is 984. The van der Waals surface area contributed by atoms with Crippen molar-refractivity contribution < 1.29 is 18.7 Å². The molecule has 0 saturated carbocycles. The number of carbonyl (C=O) groups is 1. The Hall–Kier alpha value is -2.99. The van der Waals surface area contributed by atoms with Gasteiger partial charge in [-0.3, -0.25) is 4.79 Å². The summed E-state index contributed by atoms with van der Waals surface area (Å²) in [6.07, 6.45) is 2.26. The molecule has 0 saturated heterocycles. The van der Waals surface area contributed by atoms with Crippen molar-refractivity contribution >= 4 is 23.2 Å². The number of anilines is 1. The first-order chi connectivity index (χ1) is 13.5. The maximum atomic E-state index is 12.2. The van der Waals surface area contributed by atoms with Gasteiger partial charge in [0.1, 0.15) is 11.5 Å². The summed E-state index contributed by atoms with van der Waals surface area (Å²) in [5.41, 5.74) is 2.42. The van der Waals surface area contributed by atoms with Gasteiger partial charge in [-0.2, -0.15) is 0 Å². The first kappa shape index (κ1) is 19.8. The highest BCUT2D eigenvalue weighted by atomic mass is 35.5. The van der Waals surface area contributed by atoms with Gasteiger partial charge in [0.15, 0.2) is 11.7 Å². The number of oxazole rings is 1. The molecule has 28 heavy (non-hydrogen) atoms. The average Bonchev–Trinajstić information content (AvgIpc) is 3.17. The Morgan fingerprint density at radius 2 is 2.00 bits per heavy atom. The van der Waals surface area contributed by atoms with E-state index in [2.05, 4.69) is 10.3 Å². The first-order valence-corrected chi connectivity index (χ1v) is 9.11. The SMILES string of the molecule is COc1ccc(-c2cnc(CCC(=O)Nc3ccc(Cl)cc3C)o2)c(OC)c1. The smallest absolute Gasteiger partial charge is 0.224 e. The summed E-state index contributed by atoms with van der Waals surface area (Å²) in [6.45, 7) is 1.89. The summed E-state index contributed by atoms with van der Waals surface area (Å²) < 4.78 is 16.4. The molecular weight excluding hydrogens is 380 g/mol. The fourth-order valence-corrected chi connectivity index (χ4v) is 2.98. The van der Waals surface area contributed by atoms with Gasteiger partial charge >= 0.3 is 0 Å². The summed E-state index contributed by atoms with van der Waals surface area (Å²) in [5, 5.41) is 3.51. The molecule has 0 radical (unpaired) electrons. The van der Waals surface area contributed by atoms with E-state index >= 15 is 0 Å². The van der Waals surface area contributed by atoms with Crippen LogP contribution >= 0.6 is 11.6 Å². The van der Waals surface area contributed by atoms with E-state index in [-0.39, 0.29) is 12.3 Å². The van der Waals surface area contributed by atoms with E-state index in [0.29, 0.717) is 34.6 Å². The predicted octanol–water partition coefficient (Wildman–Crippen LogP) is 4.89. The van der Waals surface area contributed by atoms with Crippen LogP contribution < -0.4 is 14.8 Å². The number of rotatable bonds is 7. The molecular formula is C21H21ClN2O4. The Labute approximate surface area is 168 Å². The topological polar surface area (TPSA) is 73.6 Å². The van der Waals surface area contributed by atoms with Gasteiger partial charge in [-0.15, -0.1) is 0 Å². The highest BCUT2D eigenvalue weighted by Gasteiger charge is 2.14. The number of methoxy groups -OCH3 is 2. The highest BCUT2D eigenvalue weighted by Crippen LogP contribution is 2.33. The van der Waals surface area contributed by atoms with Crippen LogP contribution in [0.3, 0.4) is 0 Å². The zero-order chi connectivity index (χ0) is 20.1. The molecule has 0 atom stereocenters. The van der Waals surface area contributed by atoms with Crippen molar-refractivity contribution in [3.8, 4) is 22.8 Å². The number of hydrogen-bond donors (Lipinski definition) is 1. The van der Waals surface area contributed by atoms with Crippen molar-refractivity contribution in [1.29, 1.82) is 0 Å². The Morgan fingerprint density at radius 3 is 2.71 bits per heavy atom. The third-order valence-electron chi connectivity index (χ3n) is 4.26. The molecule has 3 rings (SSSR count). The second kappa shape index (κ2) is 8.80. The fourth-order valence-electron chi connectivity index (χ4n) is 2.75. The van der Waals surface area contributed by atoms with Crippen LogP contribution in [-0.2, 0) is 11.2 Å². The second-order valence-electron chi connectivity index (χ2n) is 6.19. The van der Waals surface area contributed by atoms with E-state index in [9.17, 15) is 4.79 Å². The quantitative estimate of drug-likeness (QED) is 0.611. The second-order valence-corrected chi connectivity index (χ2v) is 6.63. The summed E-state index contributed by atoms with van der Waals surface area (Å²) in [5.74, 6) is 2.25. The van der Waals surface area contributed by atoms with Gasteiger partial charge in [0.2, 0.25) is 5.91 Å². The molecule has 0 spiro atoms. The van der Waals surface area contributed by atoms with Crippen LogP contribution in [0, 0.1) is 6.92 Å². The minimum Gasteiger partial charge on any atom is -0.497 e. The molecule has 0 aliphatic rings. The van der Waals surface area contributed by atoms with E-state index in [0.717, 1.165) is 16.8 Å². The Morgan fingerprint density at radius 1 is 1.18 bits per heavy atom. The van der Waals surface area contributed by atoms with Crippen molar-refractivity contribution in [3.05, 3.63) is 59.1 Å². The molecule has 2 aromatic carbocycles. The molecule has 1 amide bonds. The van der Waals surface area contributed by atoms with Gasteiger partial charge < -0.3 is 19.2 Å². The molecule has 1 N–H and O–H groups in total. The molecule has 3 aromatic rings. The predicted molar refractivity (Wildman–Crippen MR) is 108 cm³/mol. The van der Waals surface area contributed by atoms with Gasteiger partial charge in [0, 0.05) is 29.6 Å².